The first-order chi connectivity index (χ1) is 8.49. The highest BCUT2D eigenvalue weighted by Gasteiger charge is 2.27. The van der Waals surface area contributed by atoms with Gasteiger partial charge in [0.1, 0.15) is 4.60 Å². The molecule has 0 aliphatic carbocycles. The lowest BCUT2D eigenvalue weighted by Gasteiger charge is -2.30. The summed E-state index contributed by atoms with van der Waals surface area (Å²) in [6.45, 7) is 3.23. The van der Waals surface area contributed by atoms with E-state index in [1.807, 2.05) is 0 Å². The van der Waals surface area contributed by atoms with Crippen molar-refractivity contribution in [3.63, 3.8) is 0 Å². The molecule has 0 aromatic carbocycles. The third-order valence-corrected chi connectivity index (χ3v) is 5.08. The van der Waals surface area contributed by atoms with Gasteiger partial charge in [0.05, 0.1) is 5.69 Å². The van der Waals surface area contributed by atoms with Crippen LogP contribution in [0, 0.1) is 5.92 Å². The largest absolute Gasteiger partial charge is 0.301 e. The van der Waals surface area contributed by atoms with Gasteiger partial charge in [-0.2, -0.15) is 12.7 Å². The Labute approximate surface area is 116 Å². The minimum atomic E-state index is -3.48. The van der Waals surface area contributed by atoms with Crippen LogP contribution in [0.5, 0.6) is 0 Å². The molecule has 1 saturated heterocycles. The van der Waals surface area contributed by atoms with Crippen molar-refractivity contribution >= 4 is 31.8 Å². The Morgan fingerprint density at radius 1 is 1.56 bits per heavy atom. The number of aromatic nitrogens is 1. The molecule has 1 fully saturated rings. The Hall–Kier alpha value is -0.660. The van der Waals surface area contributed by atoms with Crippen molar-refractivity contribution in [2.45, 2.75) is 19.8 Å². The Bertz CT molecular complexity index is 521. The summed E-state index contributed by atoms with van der Waals surface area (Å²) in [4.78, 5) is 3.99. The number of nitrogens with one attached hydrogen (secondary N) is 1. The summed E-state index contributed by atoms with van der Waals surface area (Å²) in [6, 6.07) is 3.38. The third kappa shape index (κ3) is 3.21. The summed E-state index contributed by atoms with van der Waals surface area (Å²) >= 11 is 3.23. The molecule has 2 rings (SSSR count). The number of piperidine rings is 1. The maximum absolute atomic E-state index is 12.2. The second-order valence-electron chi connectivity index (χ2n) is 4.55. The van der Waals surface area contributed by atoms with Crippen LogP contribution >= 0.6 is 15.9 Å². The molecule has 1 aromatic rings. The second-order valence-corrected chi connectivity index (χ2v) is 6.98. The van der Waals surface area contributed by atoms with Gasteiger partial charge in [-0.25, -0.2) is 4.98 Å². The lowest BCUT2D eigenvalue weighted by Crippen LogP contribution is -2.42. The molecular formula is C11H16BrN3O2S. The van der Waals surface area contributed by atoms with Crippen molar-refractivity contribution in [1.29, 1.82) is 0 Å². The molecule has 100 valence electrons. The van der Waals surface area contributed by atoms with Crippen LogP contribution in [0.2, 0.25) is 0 Å². The van der Waals surface area contributed by atoms with Gasteiger partial charge < -0.3 is 0 Å². The Morgan fingerprint density at radius 3 is 3.00 bits per heavy atom. The van der Waals surface area contributed by atoms with Crippen molar-refractivity contribution in [3.05, 3.63) is 22.9 Å². The average Bonchev–Trinajstić information content (AvgIpc) is 2.32. The van der Waals surface area contributed by atoms with E-state index in [0.717, 1.165) is 12.8 Å². The van der Waals surface area contributed by atoms with Gasteiger partial charge in [-0.1, -0.05) is 6.92 Å². The quantitative estimate of drug-likeness (QED) is 0.863. The molecule has 7 heteroatoms. The Morgan fingerprint density at radius 2 is 2.33 bits per heavy atom. The van der Waals surface area contributed by atoms with Gasteiger partial charge >= 0.3 is 10.2 Å². The van der Waals surface area contributed by atoms with E-state index in [0.29, 0.717) is 29.3 Å². The summed E-state index contributed by atoms with van der Waals surface area (Å²) in [7, 11) is -3.48. The molecule has 0 amide bonds. The molecule has 1 unspecified atom stereocenters. The topological polar surface area (TPSA) is 62.3 Å². The van der Waals surface area contributed by atoms with Crippen molar-refractivity contribution in [2.24, 2.45) is 5.92 Å². The number of hydrogen-bond donors (Lipinski definition) is 1. The Balaban J connectivity index is 2.14. The van der Waals surface area contributed by atoms with Crippen molar-refractivity contribution in [3.8, 4) is 0 Å². The van der Waals surface area contributed by atoms with Gasteiger partial charge in [-0.3, -0.25) is 4.72 Å². The molecule has 0 saturated carbocycles. The number of halogens is 1. The number of rotatable bonds is 3. The fourth-order valence-corrected chi connectivity index (χ4v) is 3.90. The number of nitrogens with zero attached hydrogens (tertiary/aromatic N) is 2. The highest BCUT2D eigenvalue weighted by Crippen LogP contribution is 2.23. The van der Waals surface area contributed by atoms with Gasteiger partial charge in [0.25, 0.3) is 0 Å². The summed E-state index contributed by atoms with van der Waals surface area (Å²) in [5.74, 6) is 0.410. The van der Waals surface area contributed by atoms with E-state index < -0.39 is 10.2 Å². The normalized spacial score (nSPS) is 21.8. The van der Waals surface area contributed by atoms with Crippen LogP contribution in [0.4, 0.5) is 5.69 Å². The first kappa shape index (κ1) is 13.8. The van der Waals surface area contributed by atoms with Crippen LogP contribution in [-0.4, -0.2) is 30.8 Å². The zero-order chi connectivity index (χ0) is 13.2. The van der Waals surface area contributed by atoms with Gasteiger partial charge in [-0.05, 0) is 46.8 Å². The van der Waals surface area contributed by atoms with Gasteiger partial charge in [-0.15, -0.1) is 0 Å². The van der Waals surface area contributed by atoms with E-state index in [1.54, 1.807) is 18.3 Å². The Kier molecular flexibility index (Phi) is 4.24. The first-order valence-corrected chi connectivity index (χ1v) is 8.11. The smallest absolute Gasteiger partial charge is 0.268 e. The predicted molar refractivity (Wildman–Crippen MR) is 74.5 cm³/mol. The van der Waals surface area contributed by atoms with Gasteiger partial charge in [0.15, 0.2) is 0 Å². The van der Waals surface area contributed by atoms with Crippen molar-refractivity contribution in [2.75, 3.05) is 17.8 Å². The fourth-order valence-electron chi connectivity index (χ4n) is 2.03. The van der Waals surface area contributed by atoms with Gasteiger partial charge in [0, 0.05) is 19.3 Å². The van der Waals surface area contributed by atoms with E-state index in [1.165, 1.54) is 4.31 Å². The van der Waals surface area contributed by atoms with Crippen LogP contribution in [0.15, 0.2) is 22.9 Å². The van der Waals surface area contributed by atoms with Crippen LogP contribution < -0.4 is 4.72 Å². The van der Waals surface area contributed by atoms with Crippen LogP contribution in [0.25, 0.3) is 0 Å². The minimum Gasteiger partial charge on any atom is -0.268 e. The van der Waals surface area contributed by atoms with E-state index in [2.05, 4.69) is 32.6 Å². The fraction of sp³-hybridized carbons (Fsp3) is 0.545. The number of pyridine rings is 1. The molecule has 5 nitrogen and oxygen atoms in total. The van der Waals surface area contributed by atoms with Crippen LogP contribution in [-0.2, 0) is 10.2 Å². The molecule has 0 spiro atoms. The summed E-state index contributed by atoms with van der Waals surface area (Å²) < 4.78 is 29.0. The molecule has 0 bridgehead atoms. The average molecular weight is 334 g/mol. The van der Waals surface area contributed by atoms with Crippen LogP contribution in [0.1, 0.15) is 19.8 Å². The molecule has 1 N–H and O–H groups in total. The zero-order valence-electron chi connectivity index (χ0n) is 10.1. The van der Waals surface area contributed by atoms with E-state index in [-0.39, 0.29) is 0 Å². The van der Waals surface area contributed by atoms with E-state index in [9.17, 15) is 8.42 Å². The van der Waals surface area contributed by atoms with E-state index >= 15 is 0 Å². The molecule has 1 aromatic heterocycles. The number of hydrogen-bond acceptors (Lipinski definition) is 3. The third-order valence-electron chi connectivity index (χ3n) is 2.96. The predicted octanol–water partition coefficient (Wildman–Crippen LogP) is 2.23. The molecule has 1 aliphatic rings. The first-order valence-electron chi connectivity index (χ1n) is 5.87. The lowest BCUT2D eigenvalue weighted by molar-refractivity contribution is 0.282. The molecule has 18 heavy (non-hydrogen) atoms. The molecular weight excluding hydrogens is 318 g/mol. The zero-order valence-corrected chi connectivity index (χ0v) is 12.5. The standard InChI is InChI=1S/C11H16BrN3O2S/c1-9-4-3-7-15(8-9)18(16,17)14-10-5-2-6-13-11(10)12/h2,5-6,9,14H,3-4,7-8H2,1H3. The maximum atomic E-state index is 12.2. The summed E-state index contributed by atoms with van der Waals surface area (Å²) in [6.07, 6.45) is 3.60. The molecule has 1 aliphatic heterocycles. The maximum Gasteiger partial charge on any atom is 0.301 e. The minimum absolute atomic E-state index is 0.410. The molecule has 2 heterocycles. The molecule has 1 atom stereocenters. The summed E-state index contributed by atoms with van der Waals surface area (Å²) in [5, 5.41) is 0. The summed E-state index contributed by atoms with van der Waals surface area (Å²) in [5.41, 5.74) is 0.468. The monoisotopic (exact) mass is 333 g/mol. The van der Waals surface area contributed by atoms with Gasteiger partial charge in [0.2, 0.25) is 0 Å². The highest BCUT2D eigenvalue weighted by atomic mass is 79.9. The number of anilines is 1. The molecule has 0 radical (unpaired) electrons. The second kappa shape index (κ2) is 5.54. The van der Waals surface area contributed by atoms with Crippen LogP contribution in [0.3, 0.4) is 0 Å². The van der Waals surface area contributed by atoms with Crippen molar-refractivity contribution < 1.29 is 8.42 Å². The highest BCUT2D eigenvalue weighted by molar-refractivity contribution is 9.10. The van der Waals surface area contributed by atoms with Crippen molar-refractivity contribution in [1.82, 2.24) is 9.29 Å². The SMILES string of the molecule is CC1CCCN(S(=O)(=O)Nc2cccnc2Br)C1. The van der Waals surface area contributed by atoms with E-state index in [4.69, 9.17) is 0 Å². The lowest BCUT2D eigenvalue weighted by atomic mass is 10.0.